The maximum Gasteiger partial charge on any atom is 0.325 e. The standard InChI is InChI=1S/C17H22F2N2O3/c1-4-17(5-2)16(23)21(10-15(22)24-3)14(9-20-17)11-6-12(18)8-13(19)7-11/h6-8,14,20H,4-5,9-10H2,1-3H3/t14-/m1/s1. The van der Waals surface area contributed by atoms with Crippen LogP contribution in [0, 0.1) is 11.6 Å². The second-order valence-electron chi connectivity index (χ2n) is 5.90. The maximum atomic E-state index is 13.6. The third-order valence-corrected chi connectivity index (χ3v) is 4.68. The molecular formula is C17H22F2N2O3. The van der Waals surface area contributed by atoms with Crippen LogP contribution in [-0.4, -0.2) is 42.5 Å². The molecule has 2 rings (SSSR count). The van der Waals surface area contributed by atoms with E-state index in [-0.39, 0.29) is 12.5 Å². The van der Waals surface area contributed by atoms with E-state index in [0.29, 0.717) is 24.9 Å². The van der Waals surface area contributed by atoms with Crippen LogP contribution in [-0.2, 0) is 14.3 Å². The van der Waals surface area contributed by atoms with Gasteiger partial charge >= 0.3 is 5.97 Å². The lowest BCUT2D eigenvalue weighted by Crippen LogP contribution is -2.65. The molecule has 132 valence electrons. The third-order valence-electron chi connectivity index (χ3n) is 4.68. The molecular weight excluding hydrogens is 318 g/mol. The predicted octanol–water partition coefficient (Wildman–Crippen LogP) is 2.17. The van der Waals surface area contributed by atoms with Gasteiger partial charge in [0.15, 0.2) is 0 Å². The van der Waals surface area contributed by atoms with Gasteiger partial charge in [-0.25, -0.2) is 8.78 Å². The summed E-state index contributed by atoms with van der Waals surface area (Å²) in [5, 5.41) is 3.20. The first-order valence-electron chi connectivity index (χ1n) is 7.95. The van der Waals surface area contributed by atoms with Crippen LogP contribution in [0.3, 0.4) is 0 Å². The number of rotatable bonds is 5. The molecule has 1 aliphatic rings. The minimum Gasteiger partial charge on any atom is -0.468 e. The van der Waals surface area contributed by atoms with E-state index in [1.807, 2.05) is 13.8 Å². The van der Waals surface area contributed by atoms with Crippen molar-refractivity contribution in [1.29, 1.82) is 0 Å². The van der Waals surface area contributed by atoms with Gasteiger partial charge in [-0.2, -0.15) is 0 Å². The summed E-state index contributed by atoms with van der Waals surface area (Å²) in [6, 6.07) is 2.48. The highest BCUT2D eigenvalue weighted by atomic mass is 19.1. The Morgan fingerprint density at radius 1 is 1.29 bits per heavy atom. The SMILES string of the molecule is CCC1(CC)NC[C@H](c2cc(F)cc(F)c2)N(CC(=O)OC)C1=O. The van der Waals surface area contributed by atoms with E-state index in [9.17, 15) is 18.4 Å². The van der Waals surface area contributed by atoms with Gasteiger partial charge in [-0.05, 0) is 30.5 Å². The van der Waals surface area contributed by atoms with E-state index in [2.05, 4.69) is 10.1 Å². The number of methoxy groups -OCH3 is 1. The summed E-state index contributed by atoms with van der Waals surface area (Å²) in [6.45, 7) is 3.80. The fourth-order valence-corrected chi connectivity index (χ4v) is 3.15. The molecule has 0 unspecified atom stereocenters. The van der Waals surface area contributed by atoms with E-state index < -0.39 is 29.2 Å². The van der Waals surface area contributed by atoms with Gasteiger partial charge in [0.2, 0.25) is 5.91 Å². The summed E-state index contributed by atoms with van der Waals surface area (Å²) in [4.78, 5) is 26.1. The Hall–Kier alpha value is -2.02. The summed E-state index contributed by atoms with van der Waals surface area (Å²) in [5.74, 6) is -2.29. The van der Waals surface area contributed by atoms with Gasteiger partial charge in [0.05, 0.1) is 18.7 Å². The van der Waals surface area contributed by atoms with E-state index in [4.69, 9.17) is 0 Å². The molecule has 1 amide bonds. The molecule has 0 spiro atoms. The number of nitrogens with one attached hydrogen (secondary N) is 1. The van der Waals surface area contributed by atoms with Crippen molar-refractivity contribution in [3.8, 4) is 0 Å². The Bertz CT molecular complexity index is 612. The molecule has 1 aromatic rings. The van der Waals surface area contributed by atoms with Crippen molar-refractivity contribution in [3.63, 3.8) is 0 Å². The first-order valence-corrected chi connectivity index (χ1v) is 7.95. The molecule has 1 aromatic carbocycles. The number of ether oxygens (including phenoxy) is 1. The molecule has 0 aliphatic carbocycles. The summed E-state index contributed by atoms with van der Waals surface area (Å²) >= 11 is 0. The number of nitrogens with zero attached hydrogens (tertiary/aromatic N) is 1. The molecule has 0 saturated carbocycles. The Morgan fingerprint density at radius 3 is 2.38 bits per heavy atom. The highest BCUT2D eigenvalue weighted by Gasteiger charge is 2.45. The zero-order valence-electron chi connectivity index (χ0n) is 14.1. The predicted molar refractivity (Wildman–Crippen MR) is 84.1 cm³/mol. The molecule has 24 heavy (non-hydrogen) atoms. The van der Waals surface area contributed by atoms with E-state index in [1.54, 1.807) is 0 Å². The summed E-state index contributed by atoms with van der Waals surface area (Å²) in [6.07, 6.45) is 1.09. The Labute approximate surface area is 140 Å². The van der Waals surface area contributed by atoms with Gasteiger partial charge < -0.3 is 15.0 Å². The average molecular weight is 340 g/mol. The lowest BCUT2D eigenvalue weighted by atomic mass is 9.86. The molecule has 1 fully saturated rings. The van der Waals surface area contributed by atoms with Crippen LogP contribution in [0.25, 0.3) is 0 Å². The number of piperazine rings is 1. The molecule has 1 saturated heterocycles. The summed E-state index contributed by atoms with van der Waals surface area (Å²) < 4.78 is 31.8. The van der Waals surface area contributed by atoms with Gasteiger partial charge in [0, 0.05) is 12.6 Å². The Morgan fingerprint density at radius 2 is 1.88 bits per heavy atom. The number of hydrogen-bond donors (Lipinski definition) is 1. The topological polar surface area (TPSA) is 58.6 Å². The highest BCUT2D eigenvalue weighted by molar-refractivity contribution is 5.90. The monoisotopic (exact) mass is 340 g/mol. The zero-order valence-corrected chi connectivity index (χ0v) is 14.1. The maximum absolute atomic E-state index is 13.6. The first kappa shape index (κ1) is 18.3. The second kappa shape index (κ2) is 7.25. The van der Waals surface area contributed by atoms with E-state index >= 15 is 0 Å². The molecule has 1 aliphatic heterocycles. The van der Waals surface area contributed by atoms with E-state index in [0.717, 1.165) is 6.07 Å². The van der Waals surface area contributed by atoms with Crippen LogP contribution < -0.4 is 5.32 Å². The molecule has 1 atom stereocenters. The molecule has 1 N–H and O–H groups in total. The molecule has 0 aromatic heterocycles. The first-order chi connectivity index (χ1) is 11.4. The number of halogens is 2. The van der Waals surface area contributed by atoms with Crippen LogP contribution in [0.5, 0.6) is 0 Å². The van der Waals surface area contributed by atoms with Crippen molar-refractivity contribution in [1.82, 2.24) is 10.2 Å². The van der Waals surface area contributed by atoms with Crippen LogP contribution in [0.2, 0.25) is 0 Å². The lowest BCUT2D eigenvalue weighted by Gasteiger charge is -2.46. The minimum absolute atomic E-state index is 0.262. The van der Waals surface area contributed by atoms with Crippen LogP contribution in [0.1, 0.15) is 38.3 Å². The Balaban J connectivity index is 2.42. The van der Waals surface area contributed by atoms with Gasteiger partial charge in [-0.3, -0.25) is 9.59 Å². The molecule has 7 heteroatoms. The summed E-state index contributed by atoms with van der Waals surface area (Å²) in [5.41, 5.74) is -0.478. The van der Waals surface area contributed by atoms with E-state index in [1.165, 1.54) is 24.1 Å². The van der Waals surface area contributed by atoms with Crippen LogP contribution >= 0.6 is 0 Å². The molecule has 5 nitrogen and oxygen atoms in total. The minimum atomic E-state index is -0.781. The molecule has 0 radical (unpaired) electrons. The fourth-order valence-electron chi connectivity index (χ4n) is 3.15. The number of amides is 1. The smallest absolute Gasteiger partial charge is 0.325 e. The Kier molecular flexibility index (Phi) is 5.54. The van der Waals surface area contributed by atoms with Crippen molar-refractivity contribution < 1.29 is 23.1 Å². The zero-order chi connectivity index (χ0) is 17.9. The highest BCUT2D eigenvalue weighted by Crippen LogP contribution is 2.32. The number of hydrogen-bond acceptors (Lipinski definition) is 4. The average Bonchev–Trinajstić information content (AvgIpc) is 2.56. The number of esters is 1. The largest absolute Gasteiger partial charge is 0.468 e. The van der Waals surface area contributed by atoms with Crippen molar-refractivity contribution in [2.75, 3.05) is 20.2 Å². The number of carbonyl (C=O) groups excluding carboxylic acids is 2. The molecule has 0 bridgehead atoms. The van der Waals surface area contributed by atoms with Crippen LogP contribution in [0.4, 0.5) is 8.78 Å². The van der Waals surface area contributed by atoms with Crippen molar-refractivity contribution in [3.05, 3.63) is 35.4 Å². The lowest BCUT2D eigenvalue weighted by molar-refractivity contribution is -0.155. The van der Waals surface area contributed by atoms with Crippen LogP contribution in [0.15, 0.2) is 18.2 Å². The number of benzene rings is 1. The van der Waals surface area contributed by atoms with Crippen molar-refractivity contribution in [2.24, 2.45) is 0 Å². The van der Waals surface area contributed by atoms with Gasteiger partial charge in [0.25, 0.3) is 0 Å². The van der Waals surface area contributed by atoms with Gasteiger partial charge in [-0.15, -0.1) is 0 Å². The number of carbonyl (C=O) groups is 2. The van der Waals surface area contributed by atoms with Gasteiger partial charge in [0.1, 0.15) is 18.2 Å². The van der Waals surface area contributed by atoms with Crippen molar-refractivity contribution in [2.45, 2.75) is 38.3 Å². The third kappa shape index (κ3) is 3.40. The quantitative estimate of drug-likeness (QED) is 0.835. The van der Waals surface area contributed by atoms with Crippen molar-refractivity contribution >= 4 is 11.9 Å². The summed E-state index contributed by atoms with van der Waals surface area (Å²) in [7, 11) is 1.23. The fraction of sp³-hybridized carbons (Fsp3) is 0.529. The molecule has 1 heterocycles. The second-order valence-corrected chi connectivity index (χ2v) is 5.90. The van der Waals surface area contributed by atoms with Gasteiger partial charge in [-0.1, -0.05) is 13.8 Å². The normalized spacial score (nSPS) is 20.1.